The second-order valence-electron chi connectivity index (χ2n) is 4.48. The maximum Gasteiger partial charge on any atom is 0.406 e. The minimum atomic E-state index is -4.09. The van der Waals surface area contributed by atoms with Gasteiger partial charge < -0.3 is 11.1 Å². The molecule has 1 saturated carbocycles. The zero-order valence-electron chi connectivity index (χ0n) is 9.03. The Kier molecular flexibility index (Phi) is 4.00. The summed E-state index contributed by atoms with van der Waals surface area (Å²) in [4.78, 5) is 0. The van der Waals surface area contributed by atoms with E-state index in [1.165, 1.54) is 0 Å². The van der Waals surface area contributed by atoms with Crippen LogP contribution in [0.3, 0.4) is 0 Å². The normalized spacial score (nSPS) is 21.4. The lowest BCUT2D eigenvalue weighted by molar-refractivity contribution is -0.165. The van der Waals surface area contributed by atoms with Crippen LogP contribution in [0.25, 0.3) is 0 Å². The largest absolute Gasteiger partial charge is 0.406 e. The molecule has 1 unspecified atom stereocenters. The van der Waals surface area contributed by atoms with Gasteiger partial charge in [-0.15, -0.1) is 0 Å². The summed E-state index contributed by atoms with van der Waals surface area (Å²) in [6, 6.07) is 0.141. The third kappa shape index (κ3) is 3.65. The molecular formula is C10H19F3N2. The van der Waals surface area contributed by atoms with Gasteiger partial charge in [-0.1, -0.05) is 6.42 Å². The van der Waals surface area contributed by atoms with E-state index < -0.39 is 11.7 Å². The van der Waals surface area contributed by atoms with E-state index in [0.29, 0.717) is 6.54 Å². The summed E-state index contributed by atoms with van der Waals surface area (Å²) in [5.74, 6) is 0. The molecular weight excluding hydrogens is 205 g/mol. The number of unbranched alkanes of at least 4 members (excludes halogenated alkanes) is 1. The van der Waals surface area contributed by atoms with Crippen LogP contribution in [0.4, 0.5) is 13.2 Å². The van der Waals surface area contributed by atoms with Gasteiger partial charge in [0, 0.05) is 6.04 Å². The number of alkyl halides is 3. The lowest BCUT2D eigenvalue weighted by atomic mass is 10.1. The molecule has 1 aliphatic carbocycles. The lowest BCUT2D eigenvalue weighted by Crippen LogP contribution is -2.45. The highest BCUT2D eigenvalue weighted by Crippen LogP contribution is 2.48. The zero-order chi connectivity index (χ0) is 11.5. The summed E-state index contributed by atoms with van der Waals surface area (Å²) in [6.07, 6.45) is -1.11. The van der Waals surface area contributed by atoms with Gasteiger partial charge in [0.25, 0.3) is 0 Å². The standard InChI is InChI=1S/C10H19F3N2/c1-8(14)4-2-3-7-15-9(5-6-9)10(11,12)13/h8,15H,2-7,14H2,1H3. The Morgan fingerprint density at radius 2 is 1.93 bits per heavy atom. The molecule has 0 aliphatic heterocycles. The second kappa shape index (κ2) is 4.70. The summed E-state index contributed by atoms with van der Waals surface area (Å²) in [5, 5.41) is 2.62. The fourth-order valence-electron chi connectivity index (χ4n) is 1.60. The molecule has 0 amide bonds. The van der Waals surface area contributed by atoms with Crippen LogP contribution < -0.4 is 11.1 Å². The van der Waals surface area contributed by atoms with E-state index in [2.05, 4.69) is 5.32 Å². The molecule has 2 nitrogen and oxygen atoms in total. The van der Waals surface area contributed by atoms with Crippen molar-refractivity contribution in [1.82, 2.24) is 5.32 Å². The van der Waals surface area contributed by atoms with Crippen LogP contribution in [0.2, 0.25) is 0 Å². The fraction of sp³-hybridized carbons (Fsp3) is 1.00. The van der Waals surface area contributed by atoms with Gasteiger partial charge in [-0.25, -0.2) is 0 Å². The third-order valence-electron chi connectivity index (χ3n) is 2.84. The van der Waals surface area contributed by atoms with Crippen LogP contribution >= 0.6 is 0 Å². The number of hydrogen-bond donors (Lipinski definition) is 2. The van der Waals surface area contributed by atoms with Gasteiger partial charge in [0.05, 0.1) is 0 Å². The summed E-state index contributed by atoms with van der Waals surface area (Å²) in [6.45, 7) is 2.34. The van der Waals surface area contributed by atoms with Crippen molar-refractivity contribution in [3.63, 3.8) is 0 Å². The Labute approximate surface area is 88.4 Å². The molecule has 0 aromatic rings. The number of halogens is 3. The molecule has 0 radical (unpaired) electrons. The van der Waals surface area contributed by atoms with Crippen molar-refractivity contribution in [3.8, 4) is 0 Å². The maximum atomic E-state index is 12.5. The third-order valence-corrected chi connectivity index (χ3v) is 2.84. The van der Waals surface area contributed by atoms with Crippen molar-refractivity contribution in [1.29, 1.82) is 0 Å². The van der Waals surface area contributed by atoms with E-state index in [1.807, 2.05) is 6.92 Å². The first-order valence-corrected chi connectivity index (χ1v) is 5.45. The molecule has 0 aromatic heterocycles. The Hall–Kier alpha value is -0.290. The molecule has 0 aromatic carbocycles. The molecule has 90 valence electrons. The minimum absolute atomic E-state index is 0.141. The quantitative estimate of drug-likeness (QED) is 0.679. The highest BCUT2D eigenvalue weighted by molar-refractivity contribution is 5.07. The SMILES string of the molecule is CC(N)CCCCNC1(C(F)(F)F)CC1. The van der Waals surface area contributed by atoms with Gasteiger partial charge in [-0.3, -0.25) is 0 Å². The van der Waals surface area contributed by atoms with Crippen molar-refractivity contribution in [2.75, 3.05) is 6.54 Å². The number of rotatable bonds is 6. The topological polar surface area (TPSA) is 38.0 Å². The molecule has 0 bridgehead atoms. The van der Waals surface area contributed by atoms with E-state index in [1.54, 1.807) is 0 Å². The monoisotopic (exact) mass is 224 g/mol. The number of nitrogens with two attached hydrogens (primary N) is 1. The first-order chi connectivity index (χ1) is 6.87. The minimum Gasteiger partial charge on any atom is -0.328 e. The Morgan fingerprint density at radius 3 is 2.33 bits per heavy atom. The van der Waals surface area contributed by atoms with Crippen molar-refractivity contribution < 1.29 is 13.2 Å². The smallest absolute Gasteiger partial charge is 0.328 e. The molecule has 0 saturated heterocycles. The molecule has 0 spiro atoms. The zero-order valence-corrected chi connectivity index (χ0v) is 9.03. The summed E-state index contributed by atoms with van der Waals surface area (Å²) >= 11 is 0. The highest BCUT2D eigenvalue weighted by Gasteiger charge is 2.62. The van der Waals surface area contributed by atoms with E-state index in [-0.39, 0.29) is 18.9 Å². The predicted molar refractivity (Wildman–Crippen MR) is 53.5 cm³/mol. The van der Waals surface area contributed by atoms with Gasteiger partial charge in [0.2, 0.25) is 0 Å². The first kappa shape index (κ1) is 12.8. The molecule has 1 fully saturated rings. The summed E-state index contributed by atoms with van der Waals surface area (Å²) in [7, 11) is 0. The van der Waals surface area contributed by atoms with Gasteiger partial charge >= 0.3 is 6.18 Å². The van der Waals surface area contributed by atoms with E-state index in [0.717, 1.165) is 19.3 Å². The van der Waals surface area contributed by atoms with E-state index in [4.69, 9.17) is 5.73 Å². The van der Waals surface area contributed by atoms with Crippen LogP contribution in [0.15, 0.2) is 0 Å². The Balaban J connectivity index is 2.11. The maximum absolute atomic E-state index is 12.5. The molecule has 1 rings (SSSR count). The summed E-state index contributed by atoms with van der Waals surface area (Å²) < 4.78 is 37.4. The van der Waals surface area contributed by atoms with Crippen molar-refractivity contribution >= 4 is 0 Å². The van der Waals surface area contributed by atoms with Gasteiger partial charge in [0.1, 0.15) is 5.54 Å². The second-order valence-corrected chi connectivity index (χ2v) is 4.48. The van der Waals surface area contributed by atoms with Gasteiger partial charge in [-0.2, -0.15) is 13.2 Å². The molecule has 3 N–H and O–H groups in total. The number of nitrogens with one attached hydrogen (secondary N) is 1. The van der Waals surface area contributed by atoms with Gasteiger partial charge in [-0.05, 0) is 39.2 Å². The van der Waals surface area contributed by atoms with Crippen LogP contribution in [-0.4, -0.2) is 24.3 Å². The number of hydrogen-bond acceptors (Lipinski definition) is 2. The van der Waals surface area contributed by atoms with Crippen molar-refractivity contribution in [2.24, 2.45) is 5.73 Å². The average molecular weight is 224 g/mol. The van der Waals surface area contributed by atoms with Crippen LogP contribution in [0.5, 0.6) is 0 Å². The lowest BCUT2D eigenvalue weighted by Gasteiger charge is -2.20. The van der Waals surface area contributed by atoms with Crippen LogP contribution in [-0.2, 0) is 0 Å². The first-order valence-electron chi connectivity index (χ1n) is 5.45. The molecule has 1 atom stereocenters. The Bertz CT molecular complexity index is 197. The van der Waals surface area contributed by atoms with Crippen LogP contribution in [0.1, 0.15) is 39.0 Å². The van der Waals surface area contributed by atoms with Crippen molar-refractivity contribution in [3.05, 3.63) is 0 Å². The predicted octanol–water partition coefficient (Wildman–Crippen LogP) is 2.19. The molecule has 15 heavy (non-hydrogen) atoms. The summed E-state index contributed by atoms with van der Waals surface area (Å²) in [5.41, 5.74) is 3.99. The van der Waals surface area contributed by atoms with Crippen LogP contribution in [0, 0.1) is 0 Å². The van der Waals surface area contributed by atoms with E-state index >= 15 is 0 Å². The van der Waals surface area contributed by atoms with Crippen molar-refractivity contribution in [2.45, 2.75) is 56.8 Å². The average Bonchev–Trinajstić information content (AvgIpc) is 2.82. The highest BCUT2D eigenvalue weighted by atomic mass is 19.4. The molecule has 5 heteroatoms. The Morgan fingerprint density at radius 1 is 1.33 bits per heavy atom. The fourth-order valence-corrected chi connectivity index (χ4v) is 1.60. The molecule has 1 aliphatic rings. The molecule has 0 heterocycles. The van der Waals surface area contributed by atoms with E-state index in [9.17, 15) is 13.2 Å². The van der Waals surface area contributed by atoms with Gasteiger partial charge in [0.15, 0.2) is 0 Å².